The van der Waals surface area contributed by atoms with Gasteiger partial charge in [0, 0.05) is 24.1 Å². The summed E-state index contributed by atoms with van der Waals surface area (Å²) in [6, 6.07) is 4.73. The Morgan fingerprint density at radius 3 is 2.71 bits per heavy atom. The summed E-state index contributed by atoms with van der Waals surface area (Å²) in [5.74, 6) is -0.228. The van der Waals surface area contributed by atoms with E-state index in [2.05, 4.69) is 5.32 Å². The third kappa shape index (κ3) is 3.91. The van der Waals surface area contributed by atoms with Crippen LogP contribution in [0, 0.1) is 5.41 Å². The number of aliphatic hydroxyl groups is 1. The van der Waals surface area contributed by atoms with Crippen LogP contribution in [0.5, 0.6) is 0 Å². The minimum absolute atomic E-state index is 0.00970. The van der Waals surface area contributed by atoms with Gasteiger partial charge in [0.15, 0.2) is 0 Å². The van der Waals surface area contributed by atoms with Crippen molar-refractivity contribution >= 4 is 23.2 Å². The highest BCUT2D eigenvalue weighted by molar-refractivity contribution is 6.33. The number of rotatable bonds is 4. The average Bonchev–Trinajstić information content (AvgIpc) is 2.30. The molecule has 94 valence electrons. The number of nitrogens with two attached hydrogens (primary N) is 1. The van der Waals surface area contributed by atoms with Gasteiger partial charge in [0.05, 0.1) is 10.7 Å². The molecule has 17 heavy (non-hydrogen) atoms. The van der Waals surface area contributed by atoms with E-state index in [1.165, 1.54) is 6.07 Å². The molecular weight excluding hydrogens is 240 g/mol. The van der Waals surface area contributed by atoms with E-state index in [1.54, 1.807) is 12.1 Å². The third-order valence-electron chi connectivity index (χ3n) is 2.42. The molecule has 1 amide bonds. The maximum Gasteiger partial charge on any atom is 0.251 e. The molecule has 0 heterocycles. The maximum atomic E-state index is 11.8. The Kier molecular flexibility index (Phi) is 4.37. The van der Waals surface area contributed by atoms with E-state index in [-0.39, 0.29) is 17.9 Å². The lowest BCUT2D eigenvalue weighted by Gasteiger charge is -2.21. The maximum absolute atomic E-state index is 11.8. The first kappa shape index (κ1) is 13.8. The summed E-state index contributed by atoms with van der Waals surface area (Å²) in [6.07, 6.45) is 0. The van der Waals surface area contributed by atoms with Gasteiger partial charge in [0.1, 0.15) is 0 Å². The molecule has 0 aliphatic heterocycles. The standard InChI is InChI=1S/C12H17ClN2O2/c1-12(2,7-16)6-15-11(17)8-3-4-10(14)9(13)5-8/h3-5,16H,6-7,14H2,1-2H3,(H,15,17). The number of nitrogen functional groups attached to an aromatic ring is 1. The van der Waals surface area contributed by atoms with Gasteiger partial charge in [0.25, 0.3) is 5.91 Å². The summed E-state index contributed by atoms with van der Waals surface area (Å²) >= 11 is 5.83. The van der Waals surface area contributed by atoms with E-state index < -0.39 is 0 Å². The van der Waals surface area contributed by atoms with Crippen LogP contribution in [0.4, 0.5) is 5.69 Å². The predicted molar refractivity (Wildman–Crippen MR) is 69.1 cm³/mol. The van der Waals surface area contributed by atoms with Crippen molar-refractivity contribution in [1.82, 2.24) is 5.32 Å². The lowest BCUT2D eigenvalue weighted by molar-refractivity contribution is 0.0911. The molecule has 0 aliphatic carbocycles. The summed E-state index contributed by atoms with van der Waals surface area (Å²) in [4.78, 5) is 11.8. The smallest absolute Gasteiger partial charge is 0.251 e. The lowest BCUT2D eigenvalue weighted by atomic mass is 9.95. The van der Waals surface area contributed by atoms with E-state index >= 15 is 0 Å². The fourth-order valence-corrected chi connectivity index (χ4v) is 1.33. The van der Waals surface area contributed by atoms with Crippen LogP contribution in [0.2, 0.25) is 5.02 Å². The highest BCUT2D eigenvalue weighted by Gasteiger charge is 2.18. The highest BCUT2D eigenvalue weighted by Crippen LogP contribution is 2.19. The average molecular weight is 257 g/mol. The Morgan fingerprint density at radius 2 is 2.18 bits per heavy atom. The van der Waals surface area contributed by atoms with Crippen LogP contribution >= 0.6 is 11.6 Å². The molecular formula is C12H17ClN2O2. The van der Waals surface area contributed by atoms with Crippen LogP contribution in [0.25, 0.3) is 0 Å². The van der Waals surface area contributed by atoms with Crippen molar-refractivity contribution in [3.05, 3.63) is 28.8 Å². The normalized spacial score (nSPS) is 11.3. The second kappa shape index (κ2) is 5.38. The number of aliphatic hydroxyl groups excluding tert-OH is 1. The van der Waals surface area contributed by atoms with Gasteiger partial charge in [-0.3, -0.25) is 4.79 Å². The van der Waals surface area contributed by atoms with Crippen molar-refractivity contribution in [3.63, 3.8) is 0 Å². The van der Waals surface area contributed by atoms with Gasteiger partial charge in [-0.25, -0.2) is 0 Å². The quantitative estimate of drug-likeness (QED) is 0.718. The SMILES string of the molecule is CC(C)(CO)CNC(=O)c1ccc(N)c(Cl)c1. The van der Waals surface area contributed by atoms with Crippen molar-refractivity contribution in [3.8, 4) is 0 Å². The highest BCUT2D eigenvalue weighted by atomic mass is 35.5. The first-order valence-corrected chi connectivity index (χ1v) is 5.67. The Labute approximate surface area is 106 Å². The third-order valence-corrected chi connectivity index (χ3v) is 2.75. The number of anilines is 1. The molecule has 1 aromatic rings. The molecule has 5 heteroatoms. The van der Waals surface area contributed by atoms with Gasteiger partial charge in [-0.1, -0.05) is 25.4 Å². The molecule has 1 rings (SSSR count). The molecule has 0 saturated carbocycles. The second-order valence-corrected chi connectivity index (χ2v) is 5.15. The zero-order chi connectivity index (χ0) is 13.1. The second-order valence-electron chi connectivity index (χ2n) is 4.74. The molecule has 0 spiro atoms. The first-order valence-electron chi connectivity index (χ1n) is 5.30. The van der Waals surface area contributed by atoms with Crippen molar-refractivity contribution in [2.75, 3.05) is 18.9 Å². The first-order chi connectivity index (χ1) is 7.85. The number of hydrogen-bond acceptors (Lipinski definition) is 3. The van der Waals surface area contributed by atoms with Crippen LogP contribution in [0.1, 0.15) is 24.2 Å². The minimum Gasteiger partial charge on any atom is -0.398 e. The minimum atomic E-state index is -0.340. The summed E-state index contributed by atoms with van der Waals surface area (Å²) in [5.41, 5.74) is 6.12. The monoisotopic (exact) mass is 256 g/mol. The summed E-state index contributed by atoms with van der Waals surface area (Å²) in [7, 11) is 0. The van der Waals surface area contributed by atoms with Gasteiger partial charge < -0.3 is 16.2 Å². The van der Waals surface area contributed by atoms with Crippen LogP contribution in [-0.4, -0.2) is 24.2 Å². The Bertz CT molecular complexity index is 419. The molecule has 0 radical (unpaired) electrons. The number of benzene rings is 1. The number of amides is 1. The molecule has 4 nitrogen and oxygen atoms in total. The summed E-state index contributed by atoms with van der Waals surface area (Å²) in [6.45, 7) is 4.13. The van der Waals surface area contributed by atoms with Gasteiger partial charge in [-0.15, -0.1) is 0 Å². The molecule has 0 aromatic heterocycles. The van der Waals surface area contributed by atoms with Crippen molar-refractivity contribution in [2.45, 2.75) is 13.8 Å². The van der Waals surface area contributed by atoms with E-state index in [9.17, 15) is 4.79 Å². The summed E-state index contributed by atoms with van der Waals surface area (Å²) in [5, 5.41) is 12.2. The fraction of sp³-hybridized carbons (Fsp3) is 0.417. The zero-order valence-corrected chi connectivity index (χ0v) is 10.7. The lowest BCUT2D eigenvalue weighted by Crippen LogP contribution is -2.36. The number of halogens is 1. The Balaban J connectivity index is 2.68. The van der Waals surface area contributed by atoms with Crippen molar-refractivity contribution in [1.29, 1.82) is 0 Å². The number of carbonyl (C=O) groups is 1. The number of nitrogens with one attached hydrogen (secondary N) is 1. The fourth-order valence-electron chi connectivity index (χ4n) is 1.15. The van der Waals surface area contributed by atoms with Gasteiger partial charge >= 0.3 is 0 Å². The van der Waals surface area contributed by atoms with Crippen LogP contribution < -0.4 is 11.1 Å². The molecule has 0 atom stereocenters. The van der Waals surface area contributed by atoms with Gasteiger partial charge in [0.2, 0.25) is 0 Å². The molecule has 1 aromatic carbocycles. The van der Waals surface area contributed by atoms with Gasteiger partial charge in [-0.05, 0) is 18.2 Å². The van der Waals surface area contributed by atoms with Crippen molar-refractivity contribution in [2.24, 2.45) is 5.41 Å². The van der Waals surface area contributed by atoms with Crippen LogP contribution in [0.3, 0.4) is 0 Å². The number of carbonyl (C=O) groups excluding carboxylic acids is 1. The molecule has 0 unspecified atom stereocenters. The Hall–Kier alpha value is -1.26. The molecule has 4 N–H and O–H groups in total. The molecule has 0 aliphatic rings. The van der Waals surface area contributed by atoms with E-state index in [4.69, 9.17) is 22.4 Å². The van der Waals surface area contributed by atoms with Crippen LogP contribution in [0.15, 0.2) is 18.2 Å². The molecule has 0 fully saturated rings. The summed E-state index contributed by atoms with van der Waals surface area (Å²) < 4.78 is 0. The zero-order valence-electron chi connectivity index (χ0n) is 9.96. The molecule has 0 saturated heterocycles. The van der Waals surface area contributed by atoms with E-state index in [0.717, 1.165) is 0 Å². The number of hydrogen-bond donors (Lipinski definition) is 3. The van der Waals surface area contributed by atoms with Crippen molar-refractivity contribution < 1.29 is 9.90 Å². The predicted octanol–water partition coefficient (Wildman–Crippen LogP) is 1.67. The largest absolute Gasteiger partial charge is 0.398 e. The van der Waals surface area contributed by atoms with Gasteiger partial charge in [-0.2, -0.15) is 0 Å². The Morgan fingerprint density at radius 1 is 1.53 bits per heavy atom. The van der Waals surface area contributed by atoms with Crippen LogP contribution in [-0.2, 0) is 0 Å². The van der Waals surface area contributed by atoms with E-state index in [0.29, 0.717) is 22.8 Å². The topological polar surface area (TPSA) is 75.3 Å². The van der Waals surface area contributed by atoms with E-state index in [1.807, 2.05) is 13.8 Å². The molecule has 0 bridgehead atoms.